The highest BCUT2D eigenvalue weighted by molar-refractivity contribution is 6.30. The van der Waals surface area contributed by atoms with E-state index in [1.165, 1.54) is 12.4 Å². The Morgan fingerprint density at radius 1 is 1.22 bits per heavy atom. The zero-order chi connectivity index (χ0) is 13.0. The number of amides is 1. The largest absolute Gasteiger partial charge is 0.290 e. The molecule has 2 aromatic rings. The van der Waals surface area contributed by atoms with Gasteiger partial charge in [-0.2, -0.15) is 0 Å². The van der Waals surface area contributed by atoms with Gasteiger partial charge in [0, 0.05) is 23.8 Å². The van der Waals surface area contributed by atoms with Gasteiger partial charge >= 0.3 is 0 Å². The standard InChI is InChI=1S/C12H11ClN4O/c13-10-3-1-8(2-4-10)5-11-15-6-9(7-16-11)12(18)17-14/h1-4,6-7H,5,14H2,(H,17,18). The van der Waals surface area contributed by atoms with E-state index in [0.29, 0.717) is 22.8 Å². The van der Waals surface area contributed by atoms with Gasteiger partial charge in [0.1, 0.15) is 5.82 Å². The highest BCUT2D eigenvalue weighted by Crippen LogP contribution is 2.11. The third-order valence-electron chi connectivity index (χ3n) is 2.37. The maximum atomic E-state index is 11.2. The van der Waals surface area contributed by atoms with E-state index in [4.69, 9.17) is 17.4 Å². The molecule has 0 aliphatic carbocycles. The fraction of sp³-hybridized carbons (Fsp3) is 0.0833. The first-order chi connectivity index (χ1) is 8.69. The second-order valence-electron chi connectivity index (χ2n) is 3.66. The third kappa shape index (κ3) is 3.03. The Bertz CT molecular complexity index is 539. The Morgan fingerprint density at radius 2 is 1.83 bits per heavy atom. The number of carbonyl (C=O) groups excluding carboxylic acids is 1. The lowest BCUT2D eigenvalue weighted by molar-refractivity contribution is 0.0953. The summed E-state index contributed by atoms with van der Waals surface area (Å²) in [7, 11) is 0. The summed E-state index contributed by atoms with van der Waals surface area (Å²) in [5.41, 5.74) is 3.41. The Balaban J connectivity index is 2.10. The lowest BCUT2D eigenvalue weighted by Crippen LogP contribution is -2.30. The Morgan fingerprint density at radius 3 is 2.39 bits per heavy atom. The summed E-state index contributed by atoms with van der Waals surface area (Å²) in [6, 6.07) is 7.44. The van der Waals surface area contributed by atoms with Gasteiger partial charge in [0.05, 0.1) is 5.56 Å². The maximum Gasteiger partial charge on any atom is 0.268 e. The molecular weight excluding hydrogens is 252 g/mol. The number of benzene rings is 1. The SMILES string of the molecule is NNC(=O)c1cnc(Cc2ccc(Cl)cc2)nc1. The number of rotatable bonds is 3. The number of hydrogen-bond donors (Lipinski definition) is 2. The molecule has 0 saturated carbocycles. The van der Waals surface area contributed by atoms with Gasteiger partial charge in [0.25, 0.3) is 5.91 Å². The van der Waals surface area contributed by atoms with Gasteiger partial charge in [-0.05, 0) is 17.7 Å². The third-order valence-corrected chi connectivity index (χ3v) is 2.63. The van der Waals surface area contributed by atoms with Crippen LogP contribution in [-0.4, -0.2) is 15.9 Å². The van der Waals surface area contributed by atoms with E-state index in [2.05, 4.69) is 9.97 Å². The summed E-state index contributed by atoms with van der Waals surface area (Å²) in [6.45, 7) is 0. The quantitative estimate of drug-likeness (QED) is 0.497. The van der Waals surface area contributed by atoms with Crippen LogP contribution in [0.3, 0.4) is 0 Å². The monoisotopic (exact) mass is 262 g/mol. The second kappa shape index (κ2) is 5.57. The molecule has 1 aromatic carbocycles. The van der Waals surface area contributed by atoms with Crippen LogP contribution in [0.25, 0.3) is 0 Å². The molecule has 5 nitrogen and oxygen atoms in total. The first-order valence-corrected chi connectivity index (χ1v) is 5.63. The average Bonchev–Trinajstić information content (AvgIpc) is 2.41. The fourth-order valence-corrected chi connectivity index (χ4v) is 1.56. The van der Waals surface area contributed by atoms with Crippen molar-refractivity contribution < 1.29 is 4.79 Å². The van der Waals surface area contributed by atoms with Gasteiger partial charge in [-0.25, -0.2) is 15.8 Å². The molecule has 1 heterocycles. The minimum Gasteiger partial charge on any atom is -0.290 e. The van der Waals surface area contributed by atoms with Gasteiger partial charge in [-0.15, -0.1) is 0 Å². The van der Waals surface area contributed by atoms with Gasteiger partial charge in [-0.3, -0.25) is 10.2 Å². The predicted molar refractivity (Wildman–Crippen MR) is 67.9 cm³/mol. The lowest BCUT2D eigenvalue weighted by atomic mass is 10.1. The van der Waals surface area contributed by atoms with E-state index >= 15 is 0 Å². The summed E-state index contributed by atoms with van der Waals surface area (Å²) >= 11 is 5.80. The molecule has 3 N–H and O–H groups in total. The average molecular weight is 263 g/mol. The number of nitrogen functional groups attached to an aromatic ring is 1. The molecule has 1 amide bonds. The highest BCUT2D eigenvalue weighted by atomic mass is 35.5. The molecule has 0 spiro atoms. The summed E-state index contributed by atoms with van der Waals surface area (Å²) in [5.74, 6) is 5.23. The van der Waals surface area contributed by atoms with Crippen molar-refractivity contribution in [1.82, 2.24) is 15.4 Å². The fourth-order valence-electron chi connectivity index (χ4n) is 1.43. The molecular formula is C12H11ClN4O. The summed E-state index contributed by atoms with van der Waals surface area (Å²) in [5, 5.41) is 0.689. The number of aromatic nitrogens is 2. The van der Waals surface area contributed by atoms with Gasteiger partial charge < -0.3 is 0 Å². The number of nitrogens with one attached hydrogen (secondary N) is 1. The molecule has 0 aliphatic heterocycles. The van der Waals surface area contributed by atoms with E-state index in [1.807, 2.05) is 29.7 Å². The topological polar surface area (TPSA) is 80.9 Å². The van der Waals surface area contributed by atoms with Crippen LogP contribution < -0.4 is 11.3 Å². The zero-order valence-electron chi connectivity index (χ0n) is 9.43. The van der Waals surface area contributed by atoms with Crippen molar-refractivity contribution >= 4 is 17.5 Å². The van der Waals surface area contributed by atoms with Crippen LogP contribution in [0.2, 0.25) is 5.02 Å². The molecule has 0 unspecified atom stereocenters. The molecule has 0 radical (unpaired) electrons. The normalized spacial score (nSPS) is 10.1. The van der Waals surface area contributed by atoms with Gasteiger partial charge in [0.2, 0.25) is 0 Å². The van der Waals surface area contributed by atoms with Crippen LogP contribution in [0.15, 0.2) is 36.7 Å². The van der Waals surface area contributed by atoms with E-state index in [0.717, 1.165) is 5.56 Å². The first kappa shape index (κ1) is 12.5. The van der Waals surface area contributed by atoms with Crippen molar-refractivity contribution in [3.63, 3.8) is 0 Å². The van der Waals surface area contributed by atoms with Crippen molar-refractivity contribution in [2.45, 2.75) is 6.42 Å². The molecule has 0 bridgehead atoms. The van der Waals surface area contributed by atoms with Crippen molar-refractivity contribution in [2.24, 2.45) is 5.84 Å². The van der Waals surface area contributed by atoms with Gasteiger partial charge in [0.15, 0.2) is 0 Å². The van der Waals surface area contributed by atoms with Crippen LogP contribution in [0.4, 0.5) is 0 Å². The highest BCUT2D eigenvalue weighted by Gasteiger charge is 2.05. The van der Waals surface area contributed by atoms with Crippen molar-refractivity contribution in [1.29, 1.82) is 0 Å². The van der Waals surface area contributed by atoms with Crippen LogP contribution in [0, 0.1) is 0 Å². The number of nitrogens with zero attached hydrogens (tertiary/aromatic N) is 2. The minimum atomic E-state index is -0.409. The van der Waals surface area contributed by atoms with E-state index in [-0.39, 0.29) is 0 Å². The molecule has 6 heteroatoms. The Labute approximate surface area is 109 Å². The van der Waals surface area contributed by atoms with Crippen LogP contribution in [0.1, 0.15) is 21.7 Å². The van der Waals surface area contributed by atoms with Crippen LogP contribution in [-0.2, 0) is 6.42 Å². The van der Waals surface area contributed by atoms with E-state index in [1.54, 1.807) is 0 Å². The summed E-state index contributed by atoms with van der Waals surface area (Å²) in [6.07, 6.45) is 3.47. The summed E-state index contributed by atoms with van der Waals surface area (Å²) in [4.78, 5) is 19.4. The second-order valence-corrected chi connectivity index (χ2v) is 4.10. The number of nitrogens with two attached hydrogens (primary N) is 1. The maximum absolute atomic E-state index is 11.2. The Kier molecular flexibility index (Phi) is 3.86. The van der Waals surface area contributed by atoms with Crippen molar-refractivity contribution in [3.8, 4) is 0 Å². The van der Waals surface area contributed by atoms with Gasteiger partial charge in [-0.1, -0.05) is 23.7 Å². The zero-order valence-corrected chi connectivity index (χ0v) is 10.2. The molecule has 18 heavy (non-hydrogen) atoms. The minimum absolute atomic E-state index is 0.331. The van der Waals surface area contributed by atoms with E-state index in [9.17, 15) is 4.79 Å². The van der Waals surface area contributed by atoms with Crippen molar-refractivity contribution in [2.75, 3.05) is 0 Å². The predicted octanol–water partition coefficient (Wildman–Crippen LogP) is 1.32. The Hall–Kier alpha value is -1.98. The number of carbonyl (C=O) groups is 1. The molecule has 0 aliphatic rings. The van der Waals surface area contributed by atoms with Crippen LogP contribution >= 0.6 is 11.6 Å². The number of hydrazine groups is 1. The summed E-state index contributed by atoms with van der Waals surface area (Å²) < 4.78 is 0. The smallest absolute Gasteiger partial charge is 0.268 e. The van der Waals surface area contributed by atoms with E-state index < -0.39 is 5.91 Å². The number of hydrogen-bond acceptors (Lipinski definition) is 4. The lowest BCUT2D eigenvalue weighted by Gasteiger charge is -2.02. The van der Waals surface area contributed by atoms with Crippen LogP contribution in [0.5, 0.6) is 0 Å². The molecule has 1 aromatic heterocycles. The first-order valence-electron chi connectivity index (χ1n) is 5.25. The molecule has 2 rings (SSSR count). The molecule has 0 saturated heterocycles. The van der Waals surface area contributed by atoms with Crippen molar-refractivity contribution in [3.05, 3.63) is 58.6 Å². The number of halogens is 1. The molecule has 0 fully saturated rings. The molecule has 0 atom stereocenters. The molecule has 92 valence electrons.